The minimum absolute atomic E-state index is 0.173. The summed E-state index contributed by atoms with van der Waals surface area (Å²) in [4.78, 5) is 14.6. The molecular formula is C15H15NOS. The number of nitrogens with one attached hydrogen (secondary N) is 1. The Morgan fingerprint density at radius 1 is 1.28 bits per heavy atom. The van der Waals surface area contributed by atoms with Crippen LogP contribution in [-0.4, -0.2) is 12.3 Å². The lowest BCUT2D eigenvalue weighted by Crippen LogP contribution is -2.25. The van der Waals surface area contributed by atoms with Crippen LogP contribution in [0.3, 0.4) is 0 Å². The van der Waals surface area contributed by atoms with Gasteiger partial charge in [0.15, 0.2) is 0 Å². The second-order valence-electron chi connectivity index (χ2n) is 4.61. The number of hydrogen-bond acceptors (Lipinski definition) is 3. The lowest BCUT2D eigenvalue weighted by atomic mass is 9.93. The topological polar surface area (TPSA) is 29.1 Å². The van der Waals surface area contributed by atoms with Gasteiger partial charge in [0.1, 0.15) is 0 Å². The maximum absolute atomic E-state index is 12.5. The normalized spacial score (nSPS) is 14.3. The van der Waals surface area contributed by atoms with Gasteiger partial charge in [-0.2, -0.15) is 0 Å². The first kappa shape index (κ1) is 11.6. The number of thiophene rings is 1. The quantitative estimate of drug-likeness (QED) is 0.838. The zero-order chi connectivity index (χ0) is 12.5. The first-order valence-corrected chi connectivity index (χ1v) is 7.00. The SMILES string of the molecule is Cc1ccc(C(=O)c2cccc3c2CCNC3)s1. The molecule has 1 aliphatic rings. The third kappa shape index (κ3) is 2.00. The van der Waals surface area contributed by atoms with Crippen molar-refractivity contribution in [2.45, 2.75) is 19.9 Å². The van der Waals surface area contributed by atoms with Crippen molar-refractivity contribution in [2.75, 3.05) is 6.54 Å². The molecule has 0 bridgehead atoms. The molecule has 2 heterocycles. The molecule has 2 aromatic rings. The van der Waals surface area contributed by atoms with Crippen LogP contribution in [0.1, 0.15) is 31.2 Å². The van der Waals surface area contributed by atoms with Gasteiger partial charge < -0.3 is 5.32 Å². The van der Waals surface area contributed by atoms with Gasteiger partial charge in [-0.05, 0) is 43.1 Å². The van der Waals surface area contributed by atoms with Crippen molar-refractivity contribution in [2.24, 2.45) is 0 Å². The molecule has 0 unspecified atom stereocenters. The predicted octanol–water partition coefficient (Wildman–Crippen LogP) is 2.93. The van der Waals surface area contributed by atoms with E-state index in [1.165, 1.54) is 16.0 Å². The Hall–Kier alpha value is -1.45. The Bertz CT molecular complexity index is 600. The lowest BCUT2D eigenvalue weighted by molar-refractivity contribution is 0.104. The molecule has 3 rings (SSSR count). The minimum Gasteiger partial charge on any atom is -0.312 e. The molecule has 1 aromatic heterocycles. The van der Waals surface area contributed by atoms with Crippen LogP contribution in [0, 0.1) is 6.92 Å². The Morgan fingerprint density at radius 3 is 2.94 bits per heavy atom. The Kier molecular flexibility index (Phi) is 3.02. The van der Waals surface area contributed by atoms with Gasteiger partial charge in [0.25, 0.3) is 0 Å². The number of fused-ring (bicyclic) bond motifs is 1. The highest BCUT2D eigenvalue weighted by atomic mass is 32.1. The van der Waals surface area contributed by atoms with E-state index in [0.717, 1.165) is 30.0 Å². The standard InChI is InChI=1S/C15H15NOS/c1-10-5-6-14(18-10)15(17)13-4-2-3-11-9-16-8-7-12(11)13/h2-6,16H,7-9H2,1H3. The molecule has 1 N–H and O–H groups in total. The number of benzene rings is 1. The van der Waals surface area contributed by atoms with Crippen molar-refractivity contribution in [1.29, 1.82) is 0 Å². The maximum atomic E-state index is 12.5. The first-order chi connectivity index (χ1) is 8.75. The maximum Gasteiger partial charge on any atom is 0.203 e. The third-order valence-electron chi connectivity index (χ3n) is 3.35. The number of ketones is 1. The van der Waals surface area contributed by atoms with E-state index in [0.29, 0.717) is 0 Å². The monoisotopic (exact) mass is 257 g/mol. The van der Waals surface area contributed by atoms with Crippen LogP contribution in [-0.2, 0) is 13.0 Å². The van der Waals surface area contributed by atoms with Gasteiger partial charge in [-0.25, -0.2) is 0 Å². The summed E-state index contributed by atoms with van der Waals surface area (Å²) in [6.07, 6.45) is 0.946. The van der Waals surface area contributed by atoms with Gasteiger partial charge in [0.05, 0.1) is 4.88 Å². The Morgan fingerprint density at radius 2 is 2.17 bits per heavy atom. The molecule has 0 amide bonds. The van der Waals surface area contributed by atoms with E-state index in [1.54, 1.807) is 11.3 Å². The largest absolute Gasteiger partial charge is 0.312 e. The van der Waals surface area contributed by atoms with E-state index >= 15 is 0 Å². The van der Waals surface area contributed by atoms with Crippen molar-refractivity contribution >= 4 is 17.1 Å². The average molecular weight is 257 g/mol. The van der Waals surface area contributed by atoms with E-state index in [9.17, 15) is 4.79 Å². The summed E-state index contributed by atoms with van der Waals surface area (Å²) in [5, 5.41) is 3.34. The summed E-state index contributed by atoms with van der Waals surface area (Å²) in [6.45, 7) is 3.87. The van der Waals surface area contributed by atoms with Gasteiger partial charge in [0, 0.05) is 17.0 Å². The fourth-order valence-corrected chi connectivity index (χ4v) is 3.26. The summed E-state index contributed by atoms with van der Waals surface area (Å²) in [5.41, 5.74) is 3.38. The molecule has 92 valence electrons. The molecule has 2 nitrogen and oxygen atoms in total. The molecule has 1 aliphatic heterocycles. The second kappa shape index (κ2) is 4.67. The van der Waals surface area contributed by atoms with Crippen molar-refractivity contribution < 1.29 is 4.79 Å². The molecule has 18 heavy (non-hydrogen) atoms. The fourth-order valence-electron chi connectivity index (χ4n) is 2.43. The Balaban J connectivity index is 2.04. The summed E-state index contributed by atoms with van der Waals surface area (Å²) in [6, 6.07) is 10.00. The van der Waals surface area contributed by atoms with E-state index in [4.69, 9.17) is 0 Å². The summed E-state index contributed by atoms with van der Waals surface area (Å²) in [7, 11) is 0. The minimum atomic E-state index is 0.173. The van der Waals surface area contributed by atoms with Gasteiger partial charge >= 0.3 is 0 Å². The molecule has 0 spiro atoms. The summed E-state index contributed by atoms with van der Waals surface area (Å²) < 4.78 is 0. The molecule has 0 atom stereocenters. The zero-order valence-electron chi connectivity index (χ0n) is 10.3. The van der Waals surface area contributed by atoms with Crippen LogP contribution in [0.5, 0.6) is 0 Å². The number of hydrogen-bond donors (Lipinski definition) is 1. The van der Waals surface area contributed by atoms with Crippen LogP contribution >= 0.6 is 11.3 Å². The van der Waals surface area contributed by atoms with Crippen LogP contribution < -0.4 is 5.32 Å². The van der Waals surface area contributed by atoms with Gasteiger partial charge in [-0.15, -0.1) is 11.3 Å². The highest BCUT2D eigenvalue weighted by Gasteiger charge is 2.19. The molecular weight excluding hydrogens is 242 g/mol. The fraction of sp³-hybridized carbons (Fsp3) is 0.267. The van der Waals surface area contributed by atoms with Crippen LogP contribution in [0.25, 0.3) is 0 Å². The van der Waals surface area contributed by atoms with Gasteiger partial charge in [-0.3, -0.25) is 4.79 Å². The van der Waals surface area contributed by atoms with Crippen molar-refractivity contribution in [1.82, 2.24) is 5.32 Å². The van der Waals surface area contributed by atoms with E-state index in [-0.39, 0.29) is 5.78 Å². The van der Waals surface area contributed by atoms with Crippen molar-refractivity contribution in [3.8, 4) is 0 Å². The zero-order valence-corrected chi connectivity index (χ0v) is 11.1. The molecule has 1 aromatic carbocycles. The van der Waals surface area contributed by atoms with Crippen LogP contribution in [0.2, 0.25) is 0 Å². The first-order valence-electron chi connectivity index (χ1n) is 6.18. The Labute approximate surface area is 111 Å². The summed E-state index contributed by atoms with van der Waals surface area (Å²) in [5.74, 6) is 0.173. The molecule has 0 fully saturated rings. The van der Waals surface area contributed by atoms with Gasteiger partial charge in [0.2, 0.25) is 5.78 Å². The third-order valence-corrected chi connectivity index (χ3v) is 4.35. The average Bonchev–Trinajstić information content (AvgIpc) is 2.84. The van der Waals surface area contributed by atoms with Gasteiger partial charge in [-0.1, -0.05) is 18.2 Å². The highest BCUT2D eigenvalue weighted by Crippen LogP contribution is 2.24. The molecule has 0 saturated heterocycles. The molecule has 0 aliphatic carbocycles. The number of carbonyl (C=O) groups is 1. The van der Waals surface area contributed by atoms with E-state index in [1.807, 2.05) is 31.2 Å². The highest BCUT2D eigenvalue weighted by molar-refractivity contribution is 7.14. The van der Waals surface area contributed by atoms with Crippen molar-refractivity contribution in [3.63, 3.8) is 0 Å². The smallest absolute Gasteiger partial charge is 0.203 e. The number of aryl methyl sites for hydroxylation is 1. The number of rotatable bonds is 2. The lowest BCUT2D eigenvalue weighted by Gasteiger charge is -2.19. The van der Waals surface area contributed by atoms with E-state index in [2.05, 4.69) is 11.4 Å². The second-order valence-corrected chi connectivity index (χ2v) is 5.90. The predicted molar refractivity (Wildman–Crippen MR) is 74.3 cm³/mol. The molecule has 3 heteroatoms. The van der Waals surface area contributed by atoms with Crippen LogP contribution in [0.4, 0.5) is 0 Å². The van der Waals surface area contributed by atoms with Crippen LogP contribution in [0.15, 0.2) is 30.3 Å². The van der Waals surface area contributed by atoms with Crippen molar-refractivity contribution in [3.05, 3.63) is 56.8 Å². The number of carbonyl (C=O) groups excluding carboxylic acids is 1. The van der Waals surface area contributed by atoms with E-state index < -0.39 is 0 Å². The molecule has 0 radical (unpaired) electrons. The molecule has 0 saturated carbocycles. The summed E-state index contributed by atoms with van der Waals surface area (Å²) >= 11 is 1.58.